The maximum absolute atomic E-state index is 13.8. The Labute approximate surface area is 160 Å². The monoisotopic (exact) mass is 374 g/mol. The minimum Gasteiger partial charge on any atom is -0.494 e. The lowest BCUT2D eigenvalue weighted by atomic mass is 10.1. The summed E-state index contributed by atoms with van der Waals surface area (Å²) in [4.78, 5) is 16.5. The summed E-state index contributed by atoms with van der Waals surface area (Å²) in [6, 6.07) is 4.54. The van der Waals surface area contributed by atoms with Crippen molar-refractivity contribution in [2.75, 3.05) is 13.7 Å². The molecule has 1 amide bonds. The Kier molecular flexibility index (Phi) is 7.58. The molecule has 2 rings (SSSR count). The standard InChI is InChI=1S/C21H27FN2O3/c1-14(2)19(21(23-3)27-13-15-7-5-6-8-15)20(25)24-12-16-9-10-18(26-4)17(22)11-16/h9-11,15H,1,3,5-8,12-13H2,2,4H3,(H,24,25)/b21-19-. The van der Waals surface area contributed by atoms with E-state index in [1.807, 2.05) is 0 Å². The highest BCUT2D eigenvalue weighted by atomic mass is 19.1. The number of benzene rings is 1. The number of carbonyl (C=O) groups is 1. The predicted octanol–water partition coefficient (Wildman–Crippen LogP) is 4.15. The summed E-state index contributed by atoms with van der Waals surface area (Å²) in [5.41, 5.74) is 1.40. The number of nitrogens with zero attached hydrogens (tertiary/aromatic N) is 1. The first-order chi connectivity index (χ1) is 13.0. The van der Waals surface area contributed by atoms with Gasteiger partial charge in [-0.2, -0.15) is 0 Å². The molecule has 1 fully saturated rings. The van der Waals surface area contributed by atoms with Crippen molar-refractivity contribution in [2.45, 2.75) is 39.2 Å². The molecule has 1 aromatic carbocycles. The van der Waals surface area contributed by atoms with E-state index < -0.39 is 5.82 Å². The zero-order valence-electron chi connectivity index (χ0n) is 16.0. The number of ether oxygens (including phenoxy) is 2. The second-order valence-corrected chi connectivity index (χ2v) is 6.73. The zero-order chi connectivity index (χ0) is 19.8. The first-order valence-electron chi connectivity index (χ1n) is 9.06. The summed E-state index contributed by atoms with van der Waals surface area (Å²) >= 11 is 0. The van der Waals surface area contributed by atoms with E-state index in [0.29, 0.717) is 23.7 Å². The van der Waals surface area contributed by atoms with Gasteiger partial charge in [0.15, 0.2) is 11.6 Å². The average molecular weight is 374 g/mol. The van der Waals surface area contributed by atoms with Gasteiger partial charge in [-0.1, -0.05) is 25.5 Å². The van der Waals surface area contributed by atoms with Crippen molar-refractivity contribution in [1.82, 2.24) is 5.32 Å². The fourth-order valence-corrected chi connectivity index (χ4v) is 3.13. The van der Waals surface area contributed by atoms with Gasteiger partial charge < -0.3 is 14.8 Å². The van der Waals surface area contributed by atoms with Crippen molar-refractivity contribution in [3.63, 3.8) is 0 Å². The van der Waals surface area contributed by atoms with Crippen LogP contribution in [0.5, 0.6) is 5.75 Å². The van der Waals surface area contributed by atoms with Gasteiger partial charge >= 0.3 is 0 Å². The molecule has 146 valence electrons. The number of methoxy groups -OCH3 is 1. The molecule has 0 saturated heterocycles. The van der Waals surface area contributed by atoms with Crippen LogP contribution >= 0.6 is 0 Å². The van der Waals surface area contributed by atoms with Crippen molar-refractivity contribution < 1.29 is 18.7 Å². The highest BCUT2D eigenvalue weighted by Crippen LogP contribution is 2.26. The Morgan fingerprint density at radius 3 is 2.63 bits per heavy atom. The first-order valence-corrected chi connectivity index (χ1v) is 9.06. The zero-order valence-corrected chi connectivity index (χ0v) is 16.0. The number of carbonyl (C=O) groups excluding carboxylic acids is 1. The van der Waals surface area contributed by atoms with Gasteiger partial charge in [-0.25, -0.2) is 9.38 Å². The van der Waals surface area contributed by atoms with Gasteiger partial charge in [-0.15, -0.1) is 0 Å². The second-order valence-electron chi connectivity index (χ2n) is 6.73. The van der Waals surface area contributed by atoms with Gasteiger partial charge in [0.25, 0.3) is 5.91 Å². The lowest BCUT2D eigenvalue weighted by Gasteiger charge is -2.16. The van der Waals surface area contributed by atoms with E-state index in [1.165, 1.54) is 32.1 Å². The van der Waals surface area contributed by atoms with E-state index in [0.717, 1.165) is 12.8 Å². The molecule has 0 radical (unpaired) electrons. The van der Waals surface area contributed by atoms with Crippen LogP contribution in [0.25, 0.3) is 0 Å². The van der Waals surface area contributed by atoms with Crippen LogP contribution in [-0.4, -0.2) is 26.3 Å². The molecule has 0 bridgehead atoms. The number of rotatable bonds is 9. The molecule has 1 aliphatic rings. The molecule has 0 atom stereocenters. The number of hydrogen-bond donors (Lipinski definition) is 1. The van der Waals surface area contributed by atoms with E-state index in [4.69, 9.17) is 9.47 Å². The molecule has 0 heterocycles. The normalized spacial score (nSPS) is 15.1. The quantitative estimate of drug-likeness (QED) is 0.306. The SMILES string of the molecule is C=N/C(OCC1CCCC1)=C(\C(=C)C)C(=O)NCc1ccc(OC)c(F)c1. The molecule has 1 aliphatic carbocycles. The summed E-state index contributed by atoms with van der Waals surface area (Å²) in [6.07, 6.45) is 4.67. The maximum Gasteiger partial charge on any atom is 0.257 e. The van der Waals surface area contributed by atoms with Crippen LogP contribution in [-0.2, 0) is 16.1 Å². The third kappa shape index (κ3) is 5.67. The van der Waals surface area contributed by atoms with Crippen molar-refractivity contribution in [3.8, 4) is 5.75 Å². The van der Waals surface area contributed by atoms with Gasteiger partial charge in [-0.05, 0) is 55.7 Å². The Hall–Kier alpha value is -2.63. The number of aliphatic imine (C=N–C) groups is 1. The summed E-state index contributed by atoms with van der Waals surface area (Å²) in [7, 11) is 1.40. The van der Waals surface area contributed by atoms with Crippen molar-refractivity contribution in [2.24, 2.45) is 10.9 Å². The largest absolute Gasteiger partial charge is 0.494 e. The van der Waals surface area contributed by atoms with E-state index >= 15 is 0 Å². The lowest BCUT2D eigenvalue weighted by molar-refractivity contribution is -0.117. The van der Waals surface area contributed by atoms with E-state index in [9.17, 15) is 9.18 Å². The second kappa shape index (κ2) is 9.90. The molecule has 27 heavy (non-hydrogen) atoms. The molecular formula is C21H27FN2O3. The van der Waals surface area contributed by atoms with E-state index in [2.05, 4.69) is 23.6 Å². The van der Waals surface area contributed by atoms with Crippen molar-refractivity contribution in [1.29, 1.82) is 0 Å². The summed E-state index contributed by atoms with van der Waals surface area (Å²) < 4.78 is 24.5. The summed E-state index contributed by atoms with van der Waals surface area (Å²) in [5, 5.41) is 2.75. The van der Waals surface area contributed by atoms with Gasteiger partial charge in [0.2, 0.25) is 5.88 Å². The predicted molar refractivity (Wildman–Crippen MR) is 104 cm³/mol. The molecule has 0 unspecified atom stereocenters. The summed E-state index contributed by atoms with van der Waals surface area (Å²) in [6.45, 7) is 9.76. The maximum atomic E-state index is 13.8. The topological polar surface area (TPSA) is 59.9 Å². The smallest absolute Gasteiger partial charge is 0.257 e. The Bertz CT molecular complexity index is 737. The Morgan fingerprint density at radius 2 is 2.07 bits per heavy atom. The first kappa shape index (κ1) is 20.7. The minimum absolute atomic E-state index is 0.156. The van der Waals surface area contributed by atoms with E-state index in [1.54, 1.807) is 13.0 Å². The fourth-order valence-electron chi connectivity index (χ4n) is 3.13. The third-order valence-electron chi connectivity index (χ3n) is 4.61. The van der Waals surface area contributed by atoms with Crippen LogP contribution in [0.4, 0.5) is 4.39 Å². The highest BCUT2D eigenvalue weighted by Gasteiger charge is 2.20. The molecule has 6 heteroatoms. The van der Waals surface area contributed by atoms with Crippen LogP contribution in [0.15, 0.2) is 46.8 Å². The molecule has 1 N–H and O–H groups in total. The van der Waals surface area contributed by atoms with Crippen LogP contribution in [0.3, 0.4) is 0 Å². The number of halogens is 1. The number of hydrogen-bond acceptors (Lipinski definition) is 4. The van der Waals surface area contributed by atoms with E-state index in [-0.39, 0.29) is 29.7 Å². The highest BCUT2D eigenvalue weighted by molar-refractivity contribution is 5.98. The van der Waals surface area contributed by atoms with Gasteiger partial charge in [0.05, 0.1) is 13.7 Å². The fraction of sp³-hybridized carbons (Fsp3) is 0.429. The van der Waals surface area contributed by atoms with Crippen LogP contribution < -0.4 is 10.1 Å². The Balaban J connectivity index is 2.06. The number of nitrogens with one attached hydrogen (secondary N) is 1. The van der Waals surface area contributed by atoms with Crippen LogP contribution in [0, 0.1) is 11.7 Å². The average Bonchev–Trinajstić information content (AvgIpc) is 3.16. The van der Waals surface area contributed by atoms with Gasteiger partial charge in [0.1, 0.15) is 5.57 Å². The number of amides is 1. The molecule has 1 aromatic rings. The van der Waals surface area contributed by atoms with Crippen molar-refractivity contribution >= 4 is 12.6 Å². The Morgan fingerprint density at radius 1 is 1.37 bits per heavy atom. The lowest BCUT2D eigenvalue weighted by Crippen LogP contribution is -2.26. The molecule has 1 saturated carbocycles. The minimum atomic E-state index is -0.478. The molecule has 0 aromatic heterocycles. The molecule has 5 nitrogen and oxygen atoms in total. The van der Waals surface area contributed by atoms with Gasteiger partial charge in [0, 0.05) is 6.54 Å². The molecule has 0 aliphatic heterocycles. The van der Waals surface area contributed by atoms with Gasteiger partial charge in [-0.3, -0.25) is 4.79 Å². The van der Waals surface area contributed by atoms with Crippen LogP contribution in [0.1, 0.15) is 38.2 Å². The third-order valence-corrected chi connectivity index (χ3v) is 4.61. The summed E-state index contributed by atoms with van der Waals surface area (Å²) in [5.74, 6) is -0.0295. The molecular weight excluding hydrogens is 347 g/mol. The van der Waals surface area contributed by atoms with Crippen LogP contribution in [0.2, 0.25) is 0 Å². The molecule has 0 spiro atoms. The van der Waals surface area contributed by atoms with Crippen molar-refractivity contribution in [3.05, 3.63) is 53.2 Å².